The van der Waals surface area contributed by atoms with Crippen LogP contribution < -0.4 is 15.5 Å². The van der Waals surface area contributed by atoms with Gasteiger partial charge in [-0.25, -0.2) is 4.39 Å². The van der Waals surface area contributed by atoms with Crippen LogP contribution in [0.25, 0.3) is 0 Å². The van der Waals surface area contributed by atoms with Gasteiger partial charge in [-0.15, -0.1) is 0 Å². The van der Waals surface area contributed by atoms with Gasteiger partial charge in [0.1, 0.15) is 11.9 Å². The molecule has 30 heavy (non-hydrogen) atoms. The molecular weight excluding hydrogens is 381 g/mol. The number of amides is 2. The van der Waals surface area contributed by atoms with E-state index >= 15 is 0 Å². The molecule has 1 aliphatic rings. The van der Waals surface area contributed by atoms with E-state index in [1.165, 1.54) is 31.0 Å². The Balaban J connectivity index is 1.63. The first-order chi connectivity index (χ1) is 14.3. The average Bonchev–Trinajstić information content (AvgIpc) is 2.73. The smallest absolute Gasteiger partial charge is 0.254 e. The SMILES string of the molecule is CC1CCN(c2ccc(NC(=O)[C@@H](NC(=O)c3ccccc3F)C(C)C)cc2)CC1. The summed E-state index contributed by atoms with van der Waals surface area (Å²) in [5, 5.41) is 5.53. The summed E-state index contributed by atoms with van der Waals surface area (Å²) in [6.07, 6.45) is 2.38. The molecule has 0 aliphatic carbocycles. The van der Waals surface area contributed by atoms with E-state index in [1.807, 2.05) is 38.1 Å². The number of nitrogens with one attached hydrogen (secondary N) is 2. The van der Waals surface area contributed by atoms with E-state index in [2.05, 4.69) is 22.5 Å². The summed E-state index contributed by atoms with van der Waals surface area (Å²) in [5.41, 5.74) is 1.74. The van der Waals surface area contributed by atoms with Gasteiger partial charge in [0.25, 0.3) is 5.91 Å². The largest absolute Gasteiger partial charge is 0.372 e. The molecule has 1 aliphatic heterocycles. The first-order valence-electron chi connectivity index (χ1n) is 10.6. The van der Waals surface area contributed by atoms with Crippen molar-refractivity contribution >= 4 is 23.2 Å². The van der Waals surface area contributed by atoms with Crippen molar-refractivity contribution in [2.75, 3.05) is 23.3 Å². The highest BCUT2D eigenvalue weighted by Crippen LogP contribution is 2.24. The lowest BCUT2D eigenvalue weighted by Crippen LogP contribution is -2.47. The summed E-state index contributed by atoms with van der Waals surface area (Å²) >= 11 is 0. The maximum absolute atomic E-state index is 13.9. The monoisotopic (exact) mass is 411 g/mol. The summed E-state index contributed by atoms with van der Waals surface area (Å²) in [4.78, 5) is 27.6. The van der Waals surface area contributed by atoms with E-state index in [9.17, 15) is 14.0 Å². The molecule has 1 saturated heterocycles. The normalized spacial score (nSPS) is 15.7. The maximum Gasteiger partial charge on any atom is 0.254 e. The first kappa shape index (κ1) is 21.8. The summed E-state index contributed by atoms with van der Waals surface area (Å²) in [6.45, 7) is 8.06. The second-order valence-electron chi connectivity index (χ2n) is 8.38. The lowest BCUT2D eigenvalue weighted by Gasteiger charge is -2.32. The zero-order valence-corrected chi connectivity index (χ0v) is 17.8. The Bertz CT molecular complexity index is 874. The van der Waals surface area contributed by atoms with Gasteiger partial charge >= 0.3 is 0 Å². The number of anilines is 2. The standard InChI is InChI=1S/C24H30FN3O2/c1-16(2)22(27-23(29)20-6-4-5-7-21(20)25)24(30)26-18-8-10-19(11-9-18)28-14-12-17(3)13-15-28/h4-11,16-17,22H,12-15H2,1-3H3,(H,26,30)(H,27,29)/t22-/m0/s1. The molecule has 0 aromatic heterocycles. The molecule has 5 nitrogen and oxygen atoms in total. The van der Waals surface area contributed by atoms with Crippen LogP contribution in [0.4, 0.5) is 15.8 Å². The molecule has 2 aromatic rings. The van der Waals surface area contributed by atoms with Gasteiger partial charge in [0.05, 0.1) is 5.56 Å². The number of carbonyl (C=O) groups is 2. The van der Waals surface area contributed by atoms with Crippen molar-refractivity contribution < 1.29 is 14.0 Å². The number of hydrogen-bond acceptors (Lipinski definition) is 3. The second kappa shape index (κ2) is 9.74. The van der Waals surface area contributed by atoms with Crippen LogP contribution >= 0.6 is 0 Å². The Morgan fingerprint density at radius 1 is 1.03 bits per heavy atom. The van der Waals surface area contributed by atoms with Crippen molar-refractivity contribution in [3.63, 3.8) is 0 Å². The fourth-order valence-corrected chi connectivity index (χ4v) is 3.64. The number of carbonyl (C=O) groups excluding carboxylic acids is 2. The van der Waals surface area contributed by atoms with E-state index in [1.54, 1.807) is 6.07 Å². The highest BCUT2D eigenvalue weighted by molar-refractivity contribution is 6.01. The number of benzene rings is 2. The minimum atomic E-state index is -0.777. The highest BCUT2D eigenvalue weighted by Gasteiger charge is 2.26. The molecule has 6 heteroatoms. The molecule has 2 aromatic carbocycles. The zero-order chi connectivity index (χ0) is 21.7. The molecule has 3 rings (SSSR count). The van der Waals surface area contributed by atoms with Gasteiger partial charge in [-0.2, -0.15) is 0 Å². The van der Waals surface area contributed by atoms with Crippen LogP contribution in [0.2, 0.25) is 0 Å². The predicted molar refractivity (Wildman–Crippen MR) is 118 cm³/mol. The van der Waals surface area contributed by atoms with Crippen LogP contribution in [0, 0.1) is 17.7 Å². The average molecular weight is 412 g/mol. The van der Waals surface area contributed by atoms with Crippen LogP contribution in [0.1, 0.15) is 44.0 Å². The van der Waals surface area contributed by atoms with E-state index in [0.29, 0.717) is 5.69 Å². The third-order valence-electron chi connectivity index (χ3n) is 5.64. The van der Waals surface area contributed by atoms with Crippen LogP contribution in [0.3, 0.4) is 0 Å². The van der Waals surface area contributed by atoms with E-state index in [4.69, 9.17) is 0 Å². The Morgan fingerprint density at radius 2 is 1.67 bits per heavy atom. The fraction of sp³-hybridized carbons (Fsp3) is 0.417. The van der Waals surface area contributed by atoms with Gasteiger partial charge in [0, 0.05) is 24.5 Å². The van der Waals surface area contributed by atoms with E-state index in [-0.39, 0.29) is 17.4 Å². The summed E-state index contributed by atoms with van der Waals surface area (Å²) in [5.74, 6) is -0.922. The number of halogens is 1. The Hall–Kier alpha value is -2.89. The minimum absolute atomic E-state index is 0.0730. The van der Waals surface area contributed by atoms with Crippen molar-refractivity contribution in [3.8, 4) is 0 Å². The zero-order valence-electron chi connectivity index (χ0n) is 17.8. The Morgan fingerprint density at radius 3 is 2.27 bits per heavy atom. The molecule has 1 atom stereocenters. The molecule has 0 spiro atoms. The van der Waals surface area contributed by atoms with Crippen LogP contribution in [-0.2, 0) is 4.79 Å². The molecule has 1 fully saturated rings. The topological polar surface area (TPSA) is 61.4 Å². The van der Waals surface area contributed by atoms with Crippen molar-refractivity contribution in [1.82, 2.24) is 5.32 Å². The van der Waals surface area contributed by atoms with Crippen molar-refractivity contribution in [2.24, 2.45) is 11.8 Å². The molecular formula is C24H30FN3O2. The van der Waals surface area contributed by atoms with Crippen LogP contribution in [0.5, 0.6) is 0 Å². The molecule has 0 bridgehead atoms. The number of nitrogens with zero attached hydrogens (tertiary/aromatic N) is 1. The lowest BCUT2D eigenvalue weighted by molar-refractivity contribution is -0.118. The predicted octanol–water partition coefficient (Wildman–Crippen LogP) is 4.46. The minimum Gasteiger partial charge on any atom is -0.372 e. The van der Waals surface area contributed by atoms with Crippen LogP contribution in [-0.4, -0.2) is 30.9 Å². The van der Waals surface area contributed by atoms with E-state index in [0.717, 1.165) is 24.7 Å². The summed E-state index contributed by atoms with van der Waals surface area (Å²) in [7, 11) is 0. The Labute approximate surface area is 177 Å². The van der Waals surface area contributed by atoms with Crippen molar-refractivity contribution in [1.29, 1.82) is 0 Å². The number of rotatable bonds is 6. The lowest BCUT2D eigenvalue weighted by atomic mass is 9.99. The third kappa shape index (κ3) is 5.38. The second-order valence-corrected chi connectivity index (χ2v) is 8.38. The molecule has 2 N–H and O–H groups in total. The van der Waals surface area contributed by atoms with Crippen LogP contribution in [0.15, 0.2) is 48.5 Å². The molecule has 0 saturated carbocycles. The van der Waals surface area contributed by atoms with Gasteiger partial charge in [-0.3, -0.25) is 9.59 Å². The van der Waals surface area contributed by atoms with Gasteiger partial charge in [-0.05, 0) is 61.1 Å². The number of hydrogen-bond donors (Lipinski definition) is 2. The highest BCUT2D eigenvalue weighted by atomic mass is 19.1. The molecule has 0 unspecified atom stereocenters. The maximum atomic E-state index is 13.9. The van der Waals surface area contributed by atoms with Gasteiger partial charge in [0.15, 0.2) is 0 Å². The van der Waals surface area contributed by atoms with Gasteiger partial charge in [0.2, 0.25) is 5.91 Å². The van der Waals surface area contributed by atoms with Gasteiger partial charge in [-0.1, -0.05) is 32.9 Å². The van der Waals surface area contributed by atoms with Crippen molar-refractivity contribution in [2.45, 2.75) is 39.7 Å². The molecule has 1 heterocycles. The Kier molecular flexibility index (Phi) is 7.08. The third-order valence-corrected chi connectivity index (χ3v) is 5.64. The van der Waals surface area contributed by atoms with Crippen molar-refractivity contribution in [3.05, 3.63) is 59.9 Å². The fourth-order valence-electron chi connectivity index (χ4n) is 3.64. The molecule has 0 radical (unpaired) electrons. The quantitative estimate of drug-likeness (QED) is 0.738. The number of piperidine rings is 1. The summed E-state index contributed by atoms with van der Waals surface area (Å²) in [6, 6.07) is 12.7. The van der Waals surface area contributed by atoms with E-state index < -0.39 is 17.8 Å². The van der Waals surface area contributed by atoms with Gasteiger partial charge < -0.3 is 15.5 Å². The summed E-state index contributed by atoms with van der Waals surface area (Å²) < 4.78 is 13.9. The molecule has 160 valence electrons. The first-order valence-corrected chi connectivity index (χ1v) is 10.6. The molecule has 2 amide bonds.